The Balaban J connectivity index is 1.87. The zero-order valence-electron chi connectivity index (χ0n) is 15.1. The van der Waals surface area contributed by atoms with Crippen LogP contribution in [0.5, 0.6) is 17.2 Å². The van der Waals surface area contributed by atoms with Crippen LogP contribution in [0.3, 0.4) is 0 Å². The predicted octanol–water partition coefficient (Wildman–Crippen LogP) is 4.14. The molecule has 2 rings (SSSR count). The summed E-state index contributed by atoms with van der Waals surface area (Å²) in [5, 5.41) is 2.83. The van der Waals surface area contributed by atoms with Crippen LogP contribution in [0.1, 0.15) is 20.8 Å². The first-order valence-electron chi connectivity index (χ1n) is 8.32. The van der Waals surface area contributed by atoms with Gasteiger partial charge < -0.3 is 19.5 Å². The Labute approximate surface area is 148 Å². The Morgan fingerprint density at radius 1 is 0.920 bits per heavy atom. The number of amides is 1. The van der Waals surface area contributed by atoms with Crippen molar-refractivity contribution in [2.75, 3.05) is 19.0 Å². The maximum absolute atomic E-state index is 12.2. The van der Waals surface area contributed by atoms with Crippen LogP contribution in [0.25, 0.3) is 0 Å². The Morgan fingerprint density at radius 2 is 1.48 bits per heavy atom. The Kier molecular flexibility index (Phi) is 6.69. The minimum Gasteiger partial charge on any atom is -0.497 e. The third-order valence-corrected chi connectivity index (χ3v) is 3.45. The predicted molar refractivity (Wildman–Crippen MR) is 98.5 cm³/mol. The number of rotatable bonds is 8. The summed E-state index contributed by atoms with van der Waals surface area (Å²) >= 11 is 0. The largest absolute Gasteiger partial charge is 0.497 e. The summed E-state index contributed by atoms with van der Waals surface area (Å²) in [7, 11) is 1.60. The Bertz CT molecular complexity index is 665. The molecule has 0 aliphatic rings. The number of nitrogens with one attached hydrogen (secondary N) is 1. The van der Waals surface area contributed by atoms with Crippen molar-refractivity contribution in [1.82, 2.24) is 0 Å². The molecule has 2 aromatic carbocycles. The van der Waals surface area contributed by atoms with Gasteiger partial charge in [-0.1, -0.05) is 13.8 Å². The normalized spacial score (nSPS) is 11.7. The highest BCUT2D eigenvalue weighted by molar-refractivity contribution is 5.94. The van der Waals surface area contributed by atoms with E-state index in [0.29, 0.717) is 24.0 Å². The quantitative estimate of drug-likeness (QED) is 0.783. The van der Waals surface area contributed by atoms with Gasteiger partial charge in [-0.05, 0) is 61.4 Å². The summed E-state index contributed by atoms with van der Waals surface area (Å²) in [5.74, 6) is 2.39. The molecule has 0 saturated heterocycles. The number of hydrogen-bond acceptors (Lipinski definition) is 4. The van der Waals surface area contributed by atoms with E-state index in [1.54, 1.807) is 38.3 Å². The molecule has 0 fully saturated rings. The lowest BCUT2D eigenvalue weighted by Crippen LogP contribution is -2.30. The molecule has 0 bridgehead atoms. The van der Waals surface area contributed by atoms with Gasteiger partial charge in [0.2, 0.25) is 0 Å². The van der Waals surface area contributed by atoms with E-state index in [1.807, 2.05) is 24.3 Å². The van der Waals surface area contributed by atoms with E-state index in [-0.39, 0.29) is 5.91 Å². The topological polar surface area (TPSA) is 56.8 Å². The van der Waals surface area contributed by atoms with Gasteiger partial charge in [-0.25, -0.2) is 0 Å². The van der Waals surface area contributed by atoms with Gasteiger partial charge in [-0.3, -0.25) is 4.79 Å². The van der Waals surface area contributed by atoms with E-state index in [1.165, 1.54) is 0 Å². The average Bonchev–Trinajstić information content (AvgIpc) is 2.61. The van der Waals surface area contributed by atoms with Crippen LogP contribution < -0.4 is 19.5 Å². The van der Waals surface area contributed by atoms with Crippen LogP contribution in [0, 0.1) is 5.92 Å². The maximum Gasteiger partial charge on any atom is 0.265 e. The van der Waals surface area contributed by atoms with Gasteiger partial charge >= 0.3 is 0 Å². The molecule has 0 radical (unpaired) electrons. The molecule has 25 heavy (non-hydrogen) atoms. The van der Waals surface area contributed by atoms with Gasteiger partial charge in [-0.15, -0.1) is 0 Å². The van der Waals surface area contributed by atoms with Gasteiger partial charge in [-0.2, -0.15) is 0 Å². The molecule has 0 saturated carbocycles. The van der Waals surface area contributed by atoms with Crippen LogP contribution in [0.15, 0.2) is 48.5 Å². The lowest BCUT2D eigenvalue weighted by molar-refractivity contribution is -0.122. The summed E-state index contributed by atoms with van der Waals surface area (Å²) in [6.45, 7) is 6.57. The van der Waals surface area contributed by atoms with Crippen LogP contribution in [-0.2, 0) is 4.79 Å². The Morgan fingerprint density at radius 3 is 2.04 bits per heavy atom. The zero-order chi connectivity index (χ0) is 18.2. The van der Waals surface area contributed by atoms with Crippen molar-refractivity contribution in [3.63, 3.8) is 0 Å². The molecular weight excluding hydrogens is 318 g/mol. The highest BCUT2D eigenvalue weighted by atomic mass is 16.5. The van der Waals surface area contributed by atoms with E-state index in [9.17, 15) is 4.79 Å². The van der Waals surface area contributed by atoms with Gasteiger partial charge in [0.1, 0.15) is 17.2 Å². The molecule has 0 aromatic heterocycles. The van der Waals surface area contributed by atoms with Crippen molar-refractivity contribution in [3.8, 4) is 17.2 Å². The number of ether oxygens (including phenoxy) is 3. The fourth-order valence-electron chi connectivity index (χ4n) is 2.05. The van der Waals surface area contributed by atoms with Gasteiger partial charge in [0.15, 0.2) is 6.10 Å². The summed E-state index contributed by atoms with van der Waals surface area (Å²) in [4.78, 5) is 12.2. The molecule has 0 heterocycles. The third-order valence-electron chi connectivity index (χ3n) is 3.45. The van der Waals surface area contributed by atoms with E-state index in [2.05, 4.69) is 19.2 Å². The van der Waals surface area contributed by atoms with Crippen LogP contribution in [0.2, 0.25) is 0 Å². The van der Waals surface area contributed by atoms with Crippen molar-refractivity contribution >= 4 is 11.6 Å². The lowest BCUT2D eigenvalue weighted by Gasteiger charge is -2.15. The molecule has 0 unspecified atom stereocenters. The van der Waals surface area contributed by atoms with Crippen molar-refractivity contribution < 1.29 is 19.0 Å². The van der Waals surface area contributed by atoms with Gasteiger partial charge in [0, 0.05) is 5.69 Å². The SMILES string of the molecule is COc1ccc(O[C@@H](C)C(=O)Nc2ccc(OCC(C)C)cc2)cc1. The maximum atomic E-state index is 12.2. The van der Waals surface area contributed by atoms with E-state index in [4.69, 9.17) is 14.2 Å². The number of benzene rings is 2. The van der Waals surface area contributed by atoms with Crippen LogP contribution in [0.4, 0.5) is 5.69 Å². The van der Waals surface area contributed by atoms with E-state index in [0.717, 1.165) is 11.5 Å². The Hall–Kier alpha value is -2.69. The second kappa shape index (κ2) is 8.97. The second-order valence-electron chi connectivity index (χ2n) is 6.15. The number of carbonyl (C=O) groups excluding carboxylic acids is 1. The molecule has 5 heteroatoms. The highest BCUT2D eigenvalue weighted by Crippen LogP contribution is 2.19. The number of methoxy groups -OCH3 is 1. The van der Waals surface area contributed by atoms with Crippen molar-refractivity contribution in [1.29, 1.82) is 0 Å². The summed E-state index contributed by atoms with van der Waals surface area (Å²) in [5.41, 5.74) is 0.701. The third kappa shape index (κ3) is 6.03. The smallest absolute Gasteiger partial charge is 0.265 e. The van der Waals surface area contributed by atoms with Crippen molar-refractivity contribution in [3.05, 3.63) is 48.5 Å². The molecule has 1 amide bonds. The highest BCUT2D eigenvalue weighted by Gasteiger charge is 2.15. The summed E-state index contributed by atoms with van der Waals surface area (Å²) in [6.07, 6.45) is -0.620. The summed E-state index contributed by atoms with van der Waals surface area (Å²) < 4.78 is 16.4. The molecule has 0 spiro atoms. The van der Waals surface area contributed by atoms with E-state index >= 15 is 0 Å². The van der Waals surface area contributed by atoms with Crippen LogP contribution in [-0.4, -0.2) is 25.7 Å². The molecule has 134 valence electrons. The van der Waals surface area contributed by atoms with E-state index < -0.39 is 6.10 Å². The number of anilines is 1. The standard InChI is InChI=1S/C20H25NO4/c1-14(2)13-24-18-7-5-16(6-8-18)21-20(22)15(3)25-19-11-9-17(23-4)10-12-19/h5-12,14-15H,13H2,1-4H3,(H,21,22)/t15-/m0/s1. The number of hydrogen-bond donors (Lipinski definition) is 1. The molecule has 1 N–H and O–H groups in total. The molecular formula is C20H25NO4. The molecule has 0 aliphatic heterocycles. The van der Waals surface area contributed by atoms with Gasteiger partial charge in [0.05, 0.1) is 13.7 Å². The zero-order valence-corrected chi connectivity index (χ0v) is 15.1. The summed E-state index contributed by atoms with van der Waals surface area (Å²) in [6, 6.07) is 14.4. The molecule has 5 nitrogen and oxygen atoms in total. The fraction of sp³-hybridized carbons (Fsp3) is 0.350. The minimum absolute atomic E-state index is 0.216. The molecule has 1 atom stereocenters. The second-order valence-corrected chi connectivity index (χ2v) is 6.15. The van der Waals surface area contributed by atoms with Crippen molar-refractivity contribution in [2.24, 2.45) is 5.92 Å². The fourth-order valence-corrected chi connectivity index (χ4v) is 2.05. The first-order chi connectivity index (χ1) is 12.0. The van der Waals surface area contributed by atoms with Gasteiger partial charge in [0.25, 0.3) is 5.91 Å². The monoisotopic (exact) mass is 343 g/mol. The molecule has 0 aliphatic carbocycles. The lowest BCUT2D eigenvalue weighted by atomic mass is 10.2. The molecule has 2 aromatic rings. The van der Waals surface area contributed by atoms with Crippen LogP contribution >= 0.6 is 0 Å². The average molecular weight is 343 g/mol. The first-order valence-corrected chi connectivity index (χ1v) is 8.32. The number of carbonyl (C=O) groups is 1. The minimum atomic E-state index is -0.620. The first kappa shape index (κ1) is 18.6. The van der Waals surface area contributed by atoms with Crippen molar-refractivity contribution in [2.45, 2.75) is 26.9 Å².